The zero-order valence-corrected chi connectivity index (χ0v) is 5.30. The third-order valence-electron chi connectivity index (χ3n) is 2.50. The Morgan fingerprint density at radius 3 is 2.67 bits per heavy atom. The predicted octanol–water partition coefficient (Wildman–Crippen LogP) is 0.650. The summed E-state index contributed by atoms with van der Waals surface area (Å²) in [6.07, 6.45) is 3.82. The molecule has 0 aromatic rings. The Labute approximate surface area is 54.9 Å². The van der Waals surface area contributed by atoms with Gasteiger partial charge in [0.25, 0.3) is 0 Å². The molecule has 1 heterocycles. The van der Waals surface area contributed by atoms with Gasteiger partial charge >= 0.3 is 0 Å². The molecule has 1 saturated carbocycles. The zero-order valence-electron chi connectivity index (χ0n) is 5.30. The Bertz CT molecular complexity index is 159. The first-order valence-electron chi connectivity index (χ1n) is 3.56. The lowest BCUT2D eigenvalue weighted by Crippen LogP contribution is -2.33. The van der Waals surface area contributed by atoms with Crippen molar-refractivity contribution in [1.29, 1.82) is 5.26 Å². The molecule has 0 aromatic heterocycles. The second kappa shape index (κ2) is 1.71. The summed E-state index contributed by atoms with van der Waals surface area (Å²) in [7, 11) is 0. The molecule has 2 fully saturated rings. The molecule has 2 heteroatoms. The Morgan fingerprint density at radius 1 is 1.44 bits per heavy atom. The molecule has 0 amide bonds. The van der Waals surface area contributed by atoms with Crippen LogP contribution in [0.4, 0.5) is 0 Å². The van der Waals surface area contributed by atoms with Crippen molar-refractivity contribution < 1.29 is 0 Å². The second-order valence-electron chi connectivity index (χ2n) is 3.04. The molecular formula is C7H10N2. The van der Waals surface area contributed by atoms with E-state index in [2.05, 4.69) is 11.4 Å². The van der Waals surface area contributed by atoms with Crippen molar-refractivity contribution in [2.45, 2.75) is 31.3 Å². The topological polar surface area (TPSA) is 35.8 Å². The Morgan fingerprint density at radius 2 is 2.33 bits per heavy atom. The van der Waals surface area contributed by atoms with Gasteiger partial charge in [-0.05, 0) is 25.2 Å². The molecule has 1 aliphatic heterocycles. The first-order valence-corrected chi connectivity index (χ1v) is 3.56. The van der Waals surface area contributed by atoms with E-state index in [1.54, 1.807) is 0 Å². The van der Waals surface area contributed by atoms with Gasteiger partial charge < -0.3 is 0 Å². The molecular weight excluding hydrogens is 112 g/mol. The highest BCUT2D eigenvalue weighted by molar-refractivity contribution is 5.06. The molecule has 9 heavy (non-hydrogen) atoms. The van der Waals surface area contributed by atoms with Crippen LogP contribution in [-0.2, 0) is 0 Å². The van der Waals surface area contributed by atoms with Gasteiger partial charge in [0, 0.05) is 6.04 Å². The fraction of sp³-hybridized carbons (Fsp3) is 0.857. The number of piperidine rings is 1. The van der Waals surface area contributed by atoms with E-state index in [-0.39, 0.29) is 6.04 Å². The van der Waals surface area contributed by atoms with Gasteiger partial charge in [-0.25, -0.2) is 0 Å². The zero-order chi connectivity index (χ0) is 6.27. The van der Waals surface area contributed by atoms with Crippen molar-refractivity contribution in [3.8, 4) is 6.07 Å². The number of fused-ring (bicyclic) bond motifs is 2. The van der Waals surface area contributed by atoms with E-state index < -0.39 is 0 Å². The van der Waals surface area contributed by atoms with Crippen LogP contribution in [0.3, 0.4) is 0 Å². The minimum Gasteiger partial charge on any atom is -0.299 e. The third-order valence-corrected chi connectivity index (χ3v) is 2.50. The van der Waals surface area contributed by atoms with Crippen LogP contribution in [0.5, 0.6) is 0 Å². The molecule has 2 nitrogen and oxygen atoms in total. The van der Waals surface area contributed by atoms with Crippen molar-refractivity contribution >= 4 is 0 Å². The van der Waals surface area contributed by atoms with Crippen LogP contribution in [0.25, 0.3) is 0 Å². The second-order valence-corrected chi connectivity index (χ2v) is 3.04. The maximum absolute atomic E-state index is 8.58. The molecule has 0 spiro atoms. The summed E-state index contributed by atoms with van der Waals surface area (Å²) < 4.78 is 0. The quantitative estimate of drug-likeness (QED) is 0.512. The molecule has 1 N–H and O–H groups in total. The summed E-state index contributed by atoms with van der Waals surface area (Å²) in [6, 6.07) is 3.15. The first kappa shape index (κ1) is 5.25. The molecule has 2 unspecified atom stereocenters. The number of rotatable bonds is 0. The van der Waals surface area contributed by atoms with E-state index in [4.69, 9.17) is 5.26 Å². The molecule has 1 aliphatic carbocycles. The average molecular weight is 122 g/mol. The molecule has 0 aromatic carbocycles. The molecule has 3 atom stereocenters. The minimum atomic E-state index is 0.184. The average Bonchev–Trinajstić information content (AvgIpc) is 2.45. The summed E-state index contributed by atoms with van der Waals surface area (Å²) in [5, 5.41) is 11.9. The van der Waals surface area contributed by atoms with Crippen molar-refractivity contribution in [3.63, 3.8) is 0 Å². The van der Waals surface area contributed by atoms with Crippen LogP contribution in [-0.4, -0.2) is 12.1 Å². The van der Waals surface area contributed by atoms with E-state index in [0.717, 1.165) is 0 Å². The highest BCUT2D eigenvalue weighted by Crippen LogP contribution is 2.34. The van der Waals surface area contributed by atoms with Gasteiger partial charge in [0.1, 0.15) is 0 Å². The van der Waals surface area contributed by atoms with E-state index in [9.17, 15) is 0 Å². The van der Waals surface area contributed by atoms with Crippen LogP contribution in [0.15, 0.2) is 0 Å². The van der Waals surface area contributed by atoms with Crippen molar-refractivity contribution in [2.75, 3.05) is 0 Å². The lowest BCUT2D eigenvalue weighted by Gasteiger charge is -2.15. The number of hydrogen-bond donors (Lipinski definition) is 1. The monoisotopic (exact) mass is 122 g/mol. The van der Waals surface area contributed by atoms with Crippen LogP contribution < -0.4 is 5.32 Å². The minimum absolute atomic E-state index is 0.184. The van der Waals surface area contributed by atoms with Gasteiger partial charge in [-0.2, -0.15) is 5.26 Å². The third kappa shape index (κ3) is 0.650. The van der Waals surface area contributed by atoms with Crippen LogP contribution in [0.1, 0.15) is 19.3 Å². The standard InChI is InChI=1S/C7H10N2/c8-4-7-5-1-2-6(3-5)9-7/h5-7,9H,1-3H2/t5?,6-,7?/m1/s1. The van der Waals surface area contributed by atoms with Gasteiger partial charge in [0.15, 0.2) is 0 Å². The van der Waals surface area contributed by atoms with Crippen molar-refractivity contribution in [2.24, 2.45) is 5.92 Å². The summed E-state index contributed by atoms with van der Waals surface area (Å²) in [4.78, 5) is 0. The summed E-state index contributed by atoms with van der Waals surface area (Å²) in [5.74, 6) is 0.681. The lowest BCUT2D eigenvalue weighted by atomic mass is 10.0. The highest BCUT2D eigenvalue weighted by Gasteiger charge is 2.38. The van der Waals surface area contributed by atoms with E-state index in [0.29, 0.717) is 12.0 Å². The predicted molar refractivity (Wildman–Crippen MR) is 33.7 cm³/mol. The normalized spacial score (nSPS) is 47.2. The maximum atomic E-state index is 8.58. The number of nitriles is 1. The van der Waals surface area contributed by atoms with Crippen molar-refractivity contribution in [1.82, 2.24) is 5.32 Å². The van der Waals surface area contributed by atoms with E-state index in [1.807, 2.05) is 0 Å². The number of nitrogens with one attached hydrogen (secondary N) is 1. The maximum Gasteiger partial charge on any atom is 0.0984 e. The Balaban J connectivity index is 2.12. The van der Waals surface area contributed by atoms with Crippen LogP contribution in [0.2, 0.25) is 0 Å². The fourth-order valence-electron chi connectivity index (χ4n) is 2.00. The van der Waals surface area contributed by atoms with E-state index in [1.165, 1.54) is 19.3 Å². The molecule has 0 radical (unpaired) electrons. The molecule has 1 saturated heterocycles. The summed E-state index contributed by atoms with van der Waals surface area (Å²) >= 11 is 0. The summed E-state index contributed by atoms with van der Waals surface area (Å²) in [6.45, 7) is 0. The van der Waals surface area contributed by atoms with E-state index >= 15 is 0 Å². The SMILES string of the molecule is N#CC1N[C@@H]2CCC1C2. The molecule has 2 aliphatic rings. The van der Waals surface area contributed by atoms with Gasteiger partial charge in [-0.3, -0.25) is 5.32 Å². The smallest absolute Gasteiger partial charge is 0.0984 e. The van der Waals surface area contributed by atoms with Gasteiger partial charge in [0.05, 0.1) is 12.1 Å². The van der Waals surface area contributed by atoms with Crippen LogP contribution >= 0.6 is 0 Å². The molecule has 2 rings (SSSR count). The number of nitrogens with zero attached hydrogens (tertiary/aromatic N) is 1. The fourth-order valence-corrected chi connectivity index (χ4v) is 2.00. The largest absolute Gasteiger partial charge is 0.299 e. The van der Waals surface area contributed by atoms with Crippen LogP contribution in [0, 0.1) is 17.2 Å². The number of hydrogen-bond acceptors (Lipinski definition) is 2. The summed E-state index contributed by atoms with van der Waals surface area (Å²) in [5.41, 5.74) is 0. The molecule has 2 bridgehead atoms. The molecule has 48 valence electrons. The van der Waals surface area contributed by atoms with Crippen molar-refractivity contribution in [3.05, 3.63) is 0 Å². The Kier molecular flexibility index (Phi) is 1.000. The highest BCUT2D eigenvalue weighted by atomic mass is 15.0. The van der Waals surface area contributed by atoms with Gasteiger partial charge in [0.2, 0.25) is 0 Å². The lowest BCUT2D eigenvalue weighted by molar-refractivity contribution is 0.443. The van der Waals surface area contributed by atoms with Gasteiger partial charge in [-0.1, -0.05) is 0 Å². The Hall–Kier alpha value is -0.550. The van der Waals surface area contributed by atoms with Gasteiger partial charge in [-0.15, -0.1) is 0 Å². The first-order chi connectivity index (χ1) is 4.40.